The molecule has 20 heavy (non-hydrogen) atoms. The van der Waals surface area contributed by atoms with Crippen molar-refractivity contribution in [3.8, 4) is 5.75 Å². The predicted octanol–water partition coefficient (Wildman–Crippen LogP) is 3.38. The first-order chi connectivity index (χ1) is 9.52. The monoisotopic (exact) mass is 271 g/mol. The van der Waals surface area contributed by atoms with Gasteiger partial charge in [-0.1, -0.05) is 32.9 Å². The lowest BCUT2D eigenvalue weighted by molar-refractivity contribution is -0.0671. The van der Waals surface area contributed by atoms with Gasteiger partial charge in [0.25, 0.3) is 0 Å². The molecule has 1 aromatic rings. The SMILES string of the molecule is CC(C)(C)c1ccc2c(c1)CC1C(O2)C2CCN1CC2. The first kappa shape index (κ1) is 12.7. The van der Waals surface area contributed by atoms with Crippen LogP contribution < -0.4 is 4.74 Å². The molecule has 0 aromatic heterocycles. The fraction of sp³-hybridized carbons (Fsp3) is 0.667. The molecular weight excluding hydrogens is 246 g/mol. The molecule has 0 saturated carbocycles. The maximum atomic E-state index is 6.40. The maximum absolute atomic E-state index is 6.40. The molecule has 5 rings (SSSR count). The lowest BCUT2D eigenvalue weighted by Gasteiger charge is -2.52. The molecule has 4 aliphatic rings. The highest BCUT2D eigenvalue weighted by Gasteiger charge is 2.46. The van der Waals surface area contributed by atoms with Crippen molar-refractivity contribution < 1.29 is 4.74 Å². The number of ether oxygens (including phenoxy) is 1. The van der Waals surface area contributed by atoms with Crippen molar-refractivity contribution in [1.29, 1.82) is 0 Å². The molecule has 0 spiro atoms. The van der Waals surface area contributed by atoms with Gasteiger partial charge < -0.3 is 4.74 Å². The van der Waals surface area contributed by atoms with Crippen LogP contribution in [0.15, 0.2) is 18.2 Å². The molecule has 2 atom stereocenters. The van der Waals surface area contributed by atoms with Gasteiger partial charge in [-0.15, -0.1) is 0 Å². The number of piperidine rings is 3. The van der Waals surface area contributed by atoms with Crippen molar-refractivity contribution in [2.24, 2.45) is 5.92 Å². The van der Waals surface area contributed by atoms with Gasteiger partial charge in [-0.25, -0.2) is 0 Å². The van der Waals surface area contributed by atoms with Crippen molar-refractivity contribution in [3.63, 3.8) is 0 Å². The summed E-state index contributed by atoms with van der Waals surface area (Å²) in [7, 11) is 0. The molecule has 3 fully saturated rings. The molecule has 108 valence electrons. The van der Waals surface area contributed by atoms with E-state index < -0.39 is 0 Å². The second-order valence-electron chi connectivity index (χ2n) is 7.80. The van der Waals surface area contributed by atoms with Gasteiger partial charge in [-0.05, 0) is 60.9 Å². The van der Waals surface area contributed by atoms with E-state index in [1.807, 2.05) is 0 Å². The third-order valence-electron chi connectivity index (χ3n) is 5.51. The Hall–Kier alpha value is -1.02. The van der Waals surface area contributed by atoms with E-state index in [1.54, 1.807) is 0 Å². The minimum absolute atomic E-state index is 0.220. The second-order valence-corrected chi connectivity index (χ2v) is 7.80. The summed E-state index contributed by atoms with van der Waals surface area (Å²) in [6.45, 7) is 9.42. The Kier molecular flexibility index (Phi) is 2.69. The van der Waals surface area contributed by atoms with Crippen LogP contribution in [0.25, 0.3) is 0 Å². The highest BCUT2D eigenvalue weighted by molar-refractivity contribution is 5.42. The third kappa shape index (κ3) is 1.88. The molecule has 3 saturated heterocycles. The zero-order chi connectivity index (χ0) is 13.9. The second kappa shape index (κ2) is 4.24. The van der Waals surface area contributed by atoms with Crippen LogP contribution in [0.1, 0.15) is 44.7 Å². The van der Waals surface area contributed by atoms with E-state index in [4.69, 9.17) is 4.74 Å². The topological polar surface area (TPSA) is 12.5 Å². The Morgan fingerprint density at radius 2 is 1.90 bits per heavy atom. The summed E-state index contributed by atoms with van der Waals surface area (Å²) in [4.78, 5) is 2.66. The molecule has 2 bridgehead atoms. The summed E-state index contributed by atoms with van der Waals surface area (Å²) in [5.41, 5.74) is 3.07. The summed E-state index contributed by atoms with van der Waals surface area (Å²) < 4.78 is 6.40. The van der Waals surface area contributed by atoms with Crippen LogP contribution in [-0.2, 0) is 11.8 Å². The van der Waals surface area contributed by atoms with E-state index in [0.29, 0.717) is 12.1 Å². The van der Waals surface area contributed by atoms with Crippen LogP contribution in [0.2, 0.25) is 0 Å². The lowest BCUT2D eigenvalue weighted by atomic mass is 9.76. The van der Waals surface area contributed by atoms with Crippen molar-refractivity contribution >= 4 is 0 Å². The highest BCUT2D eigenvalue weighted by atomic mass is 16.5. The molecular formula is C18H25NO. The molecule has 2 nitrogen and oxygen atoms in total. The molecule has 0 aliphatic carbocycles. The van der Waals surface area contributed by atoms with Gasteiger partial charge >= 0.3 is 0 Å². The van der Waals surface area contributed by atoms with Gasteiger partial charge in [-0.2, -0.15) is 0 Å². The van der Waals surface area contributed by atoms with Crippen molar-refractivity contribution in [1.82, 2.24) is 4.90 Å². The quantitative estimate of drug-likeness (QED) is 0.717. The number of fused-ring (bicyclic) bond motifs is 3. The zero-order valence-electron chi connectivity index (χ0n) is 12.9. The van der Waals surface area contributed by atoms with Crippen LogP contribution in [0.3, 0.4) is 0 Å². The van der Waals surface area contributed by atoms with Gasteiger partial charge in [-0.3, -0.25) is 4.90 Å². The summed E-state index contributed by atoms with van der Waals surface area (Å²) in [5.74, 6) is 1.94. The van der Waals surface area contributed by atoms with Crippen molar-refractivity contribution in [3.05, 3.63) is 29.3 Å². The first-order valence-corrected chi connectivity index (χ1v) is 8.06. The van der Waals surface area contributed by atoms with Gasteiger partial charge in [0.2, 0.25) is 0 Å². The normalized spacial score (nSPS) is 35.1. The molecule has 0 amide bonds. The highest BCUT2D eigenvalue weighted by Crippen LogP contribution is 2.42. The molecule has 0 radical (unpaired) electrons. The molecule has 2 unspecified atom stereocenters. The van der Waals surface area contributed by atoms with Crippen molar-refractivity contribution in [2.75, 3.05) is 13.1 Å². The number of nitrogens with zero attached hydrogens (tertiary/aromatic N) is 1. The summed E-state index contributed by atoms with van der Waals surface area (Å²) in [6.07, 6.45) is 4.29. The van der Waals surface area contributed by atoms with E-state index in [0.717, 1.165) is 11.7 Å². The number of hydrogen-bond donors (Lipinski definition) is 0. The molecule has 4 heterocycles. The van der Waals surface area contributed by atoms with E-state index in [-0.39, 0.29) is 5.41 Å². The Labute approximate surface area is 122 Å². The number of rotatable bonds is 0. The lowest BCUT2D eigenvalue weighted by Crippen LogP contribution is -2.61. The Morgan fingerprint density at radius 3 is 2.60 bits per heavy atom. The van der Waals surface area contributed by atoms with E-state index in [1.165, 1.54) is 43.5 Å². The van der Waals surface area contributed by atoms with Crippen LogP contribution in [-0.4, -0.2) is 30.1 Å². The fourth-order valence-corrected chi connectivity index (χ4v) is 4.21. The minimum Gasteiger partial charge on any atom is -0.488 e. The van der Waals surface area contributed by atoms with E-state index in [2.05, 4.69) is 43.9 Å². The van der Waals surface area contributed by atoms with Gasteiger partial charge in [0, 0.05) is 0 Å². The first-order valence-electron chi connectivity index (χ1n) is 8.06. The minimum atomic E-state index is 0.220. The Balaban J connectivity index is 1.69. The van der Waals surface area contributed by atoms with Crippen molar-refractivity contribution in [2.45, 2.75) is 57.6 Å². The Bertz CT molecular complexity index is 523. The van der Waals surface area contributed by atoms with Crippen LogP contribution >= 0.6 is 0 Å². The van der Waals surface area contributed by atoms with Crippen LogP contribution in [0, 0.1) is 5.92 Å². The largest absolute Gasteiger partial charge is 0.488 e. The Morgan fingerprint density at radius 1 is 1.15 bits per heavy atom. The average molecular weight is 271 g/mol. The van der Waals surface area contributed by atoms with E-state index in [9.17, 15) is 0 Å². The molecule has 4 aliphatic heterocycles. The summed E-state index contributed by atoms with van der Waals surface area (Å²) >= 11 is 0. The fourth-order valence-electron chi connectivity index (χ4n) is 4.21. The van der Waals surface area contributed by atoms with E-state index >= 15 is 0 Å². The number of benzene rings is 1. The van der Waals surface area contributed by atoms with Crippen LogP contribution in [0.5, 0.6) is 5.75 Å². The predicted molar refractivity (Wildman–Crippen MR) is 81.3 cm³/mol. The maximum Gasteiger partial charge on any atom is 0.123 e. The zero-order valence-corrected chi connectivity index (χ0v) is 12.9. The smallest absolute Gasteiger partial charge is 0.123 e. The average Bonchev–Trinajstić information content (AvgIpc) is 2.45. The van der Waals surface area contributed by atoms with Gasteiger partial charge in [0.05, 0.1) is 6.04 Å². The third-order valence-corrected chi connectivity index (χ3v) is 5.51. The summed E-state index contributed by atoms with van der Waals surface area (Å²) in [6, 6.07) is 7.48. The molecule has 1 aromatic carbocycles. The number of hydrogen-bond acceptors (Lipinski definition) is 2. The molecule has 2 heteroatoms. The van der Waals surface area contributed by atoms with Gasteiger partial charge in [0.15, 0.2) is 0 Å². The summed E-state index contributed by atoms with van der Waals surface area (Å²) in [5, 5.41) is 0. The van der Waals surface area contributed by atoms with Gasteiger partial charge in [0.1, 0.15) is 11.9 Å². The molecule has 0 N–H and O–H groups in total. The van der Waals surface area contributed by atoms with Crippen LogP contribution in [0.4, 0.5) is 0 Å². The standard InChI is InChI=1S/C18H25NO/c1-18(2,3)14-4-5-16-13(10-14)11-15-17(20-16)12-6-8-19(15)9-7-12/h4-5,10,12,15,17H,6-9,11H2,1-3H3.